The minimum Gasteiger partial charge on any atom is -0.507 e. The summed E-state index contributed by atoms with van der Waals surface area (Å²) in [5.74, 6) is 1.23. The van der Waals surface area contributed by atoms with E-state index in [0.29, 0.717) is 46.3 Å². The van der Waals surface area contributed by atoms with Crippen LogP contribution < -0.4 is 26.2 Å². The highest BCUT2D eigenvalue weighted by Crippen LogP contribution is 2.51. The number of nitrogens with zero attached hydrogens (tertiary/aromatic N) is 9. The van der Waals surface area contributed by atoms with Crippen molar-refractivity contribution in [2.45, 2.75) is 128 Å². The number of aliphatic hydroxyl groups is 1. The lowest BCUT2D eigenvalue weighted by Crippen LogP contribution is -2.59. The van der Waals surface area contributed by atoms with Gasteiger partial charge in [-0.1, -0.05) is 55.4 Å². The Hall–Kier alpha value is -5.70. The van der Waals surface area contributed by atoms with E-state index in [1.807, 2.05) is 81.7 Å². The quantitative estimate of drug-likeness (QED) is 0.0683. The number of ether oxygens (including phenoxy) is 1. The minimum absolute atomic E-state index is 0.0946. The SMILES string of the molecule is Cc1ncsc1-c1ccc([C@H](C)NC(=O)[C@@H]2C[C@@H](O)CN2C(=O)[C@@H](c2cc(N3CCC(CN4CCC5(CC4)CC(N4CCO[C@@H](CNC6CCN(c7cc(-c8ccccc8O)nnc7N)CC6)C4)C5)CC3)no2)C(C)C)cc1. The number of thiazole rings is 1. The number of para-hydroxylation sites is 1. The fourth-order valence-corrected chi connectivity index (χ4v) is 14.3. The molecule has 5 saturated heterocycles. The number of phenols is 1. The van der Waals surface area contributed by atoms with Gasteiger partial charge < -0.3 is 55.4 Å². The van der Waals surface area contributed by atoms with Gasteiger partial charge in [0.15, 0.2) is 17.4 Å². The van der Waals surface area contributed by atoms with Crippen LogP contribution in [0.4, 0.5) is 17.3 Å². The number of amides is 2. The molecule has 18 nitrogen and oxygen atoms in total. The number of nitrogens with one attached hydrogen (secondary N) is 2. The second-order valence-corrected chi connectivity index (χ2v) is 24.6. The molecule has 418 valence electrons. The van der Waals surface area contributed by atoms with Crippen molar-refractivity contribution >= 4 is 40.5 Å². The zero-order valence-corrected chi connectivity index (χ0v) is 46.8. The van der Waals surface area contributed by atoms with Gasteiger partial charge in [0.25, 0.3) is 0 Å². The fourth-order valence-electron chi connectivity index (χ4n) is 13.5. The Bertz CT molecular complexity index is 2830. The van der Waals surface area contributed by atoms with Gasteiger partial charge in [-0.15, -0.1) is 21.5 Å². The van der Waals surface area contributed by atoms with Crippen molar-refractivity contribution in [3.63, 3.8) is 0 Å². The number of aromatic hydroxyl groups is 1. The van der Waals surface area contributed by atoms with Crippen LogP contribution in [0.25, 0.3) is 21.7 Å². The van der Waals surface area contributed by atoms with Gasteiger partial charge in [-0.2, -0.15) is 0 Å². The maximum absolute atomic E-state index is 14.4. The van der Waals surface area contributed by atoms with Gasteiger partial charge in [0.2, 0.25) is 11.8 Å². The number of aromatic nitrogens is 4. The first-order valence-corrected chi connectivity index (χ1v) is 29.6. The maximum Gasteiger partial charge on any atom is 0.243 e. The Balaban J connectivity index is 0.592. The summed E-state index contributed by atoms with van der Waals surface area (Å²) in [7, 11) is 0. The Labute approximate surface area is 463 Å². The van der Waals surface area contributed by atoms with E-state index in [1.54, 1.807) is 28.4 Å². The Morgan fingerprint density at radius 3 is 2.37 bits per heavy atom. The van der Waals surface area contributed by atoms with Crippen molar-refractivity contribution in [1.82, 2.24) is 45.7 Å². The standard InChI is InChI=1S/C59H80N12O6S/c1-37(2)54(58(75)71-34-45(72)27-50(71)57(74)63-38(3)41-9-11-42(12-10-41)55-39(4)62-36-78-55)52-29-53(66-77-52)69-19-13-40(14-20-69)33-67-23-17-59(18-24-67)30-44(31-59)70-25-26-76-46(35-70)32-61-43-15-21-68(22-16-43)49-28-48(64-65-56(49)60)47-7-5-6-8-51(47)73/h5-12,28-29,36-38,40,43-46,50,54,61,72-73H,13-27,30-35H2,1-4H3,(H2,60,65)(H,63,74)/t38-,45+,46-,50-,54+/m0/s1. The third-order valence-corrected chi connectivity index (χ3v) is 19.2. The summed E-state index contributed by atoms with van der Waals surface area (Å²) in [6.45, 7) is 18.7. The number of β-amino-alcohol motifs (C(OH)–C–C–N with tert-alkyl or cyclic N) is 1. The van der Waals surface area contributed by atoms with E-state index in [-0.39, 0.29) is 48.6 Å². The first-order valence-electron chi connectivity index (χ1n) is 28.7. The number of benzene rings is 2. The minimum atomic E-state index is -0.793. The third kappa shape index (κ3) is 11.9. The molecular formula is C59H80N12O6S. The maximum atomic E-state index is 14.4. The van der Waals surface area contributed by atoms with E-state index in [0.717, 1.165) is 118 Å². The molecule has 5 atom stereocenters. The summed E-state index contributed by atoms with van der Waals surface area (Å²) >= 11 is 1.60. The molecule has 1 saturated carbocycles. The van der Waals surface area contributed by atoms with Gasteiger partial charge >= 0.3 is 0 Å². The molecule has 6 fully saturated rings. The van der Waals surface area contributed by atoms with Crippen LogP contribution in [-0.2, 0) is 14.3 Å². The second kappa shape index (κ2) is 23.6. The smallest absolute Gasteiger partial charge is 0.243 e. The molecule has 0 unspecified atom stereocenters. The number of morpholine rings is 1. The van der Waals surface area contributed by atoms with Crippen molar-refractivity contribution in [2.24, 2.45) is 17.3 Å². The van der Waals surface area contributed by atoms with Crippen LogP contribution in [0.3, 0.4) is 0 Å². The molecule has 78 heavy (non-hydrogen) atoms. The van der Waals surface area contributed by atoms with Crippen LogP contribution in [-0.4, -0.2) is 166 Å². The third-order valence-electron chi connectivity index (χ3n) is 18.2. The van der Waals surface area contributed by atoms with Gasteiger partial charge in [0.1, 0.15) is 17.7 Å². The molecule has 3 aromatic heterocycles. The van der Waals surface area contributed by atoms with Gasteiger partial charge in [0, 0.05) is 89.0 Å². The van der Waals surface area contributed by atoms with Crippen LogP contribution in [0.5, 0.6) is 5.75 Å². The lowest BCUT2D eigenvalue weighted by Gasteiger charge is -2.56. The van der Waals surface area contributed by atoms with Gasteiger partial charge in [-0.25, -0.2) is 4.98 Å². The van der Waals surface area contributed by atoms with E-state index in [4.69, 9.17) is 15.0 Å². The highest BCUT2D eigenvalue weighted by molar-refractivity contribution is 7.13. The van der Waals surface area contributed by atoms with Crippen LogP contribution in [0, 0.1) is 24.2 Å². The number of carbonyl (C=O) groups is 2. The zero-order valence-electron chi connectivity index (χ0n) is 45.9. The number of anilines is 3. The molecular weight excluding hydrogens is 1000 g/mol. The number of hydrogen-bond donors (Lipinski definition) is 5. The fraction of sp³-hybridized carbons (Fsp3) is 0.593. The molecule has 2 amide bonds. The summed E-state index contributed by atoms with van der Waals surface area (Å²) in [6.07, 6.45) is 8.95. The molecule has 5 aromatic rings. The summed E-state index contributed by atoms with van der Waals surface area (Å²) in [5, 5.41) is 41.2. The molecule has 1 aliphatic carbocycles. The van der Waals surface area contributed by atoms with E-state index >= 15 is 0 Å². The molecule has 8 heterocycles. The molecule has 6 N–H and O–H groups in total. The molecule has 2 aromatic carbocycles. The van der Waals surface area contributed by atoms with Crippen molar-refractivity contribution in [3.05, 3.63) is 83.2 Å². The lowest BCUT2D eigenvalue weighted by molar-refractivity contribution is -0.141. The van der Waals surface area contributed by atoms with E-state index in [2.05, 4.69) is 50.6 Å². The van der Waals surface area contributed by atoms with Crippen molar-refractivity contribution in [2.75, 3.05) is 94.1 Å². The average molecular weight is 1090 g/mol. The summed E-state index contributed by atoms with van der Waals surface area (Å²) in [6, 6.07) is 19.2. The Morgan fingerprint density at radius 1 is 0.910 bits per heavy atom. The summed E-state index contributed by atoms with van der Waals surface area (Å²) in [4.78, 5) is 45.3. The van der Waals surface area contributed by atoms with Crippen LogP contribution >= 0.6 is 11.3 Å². The predicted molar refractivity (Wildman–Crippen MR) is 303 cm³/mol. The molecule has 0 radical (unpaired) electrons. The van der Waals surface area contributed by atoms with E-state index in [9.17, 15) is 19.8 Å². The summed E-state index contributed by atoms with van der Waals surface area (Å²) < 4.78 is 12.3. The number of hydrogen-bond acceptors (Lipinski definition) is 17. The van der Waals surface area contributed by atoms with E-state index in [1.165, 1.54) is 38.8 Å². The number of aliphatic hydroxyl groups excluding tert-OH is 1. The van der Waals surface area contributed by atoms with Crippen LogP contribution in [0.2, 0.25) is 0 Å². The number of nitrogens with two attached hydrogens (primary N) is 1. The molecule has 1 spiro atoms. The number of aryl methyl sites for hydroxylation is 1. The molecule has 19 heteroatoms. The molecule has 6 aliphatic rings. The van der Waals surface area contributed by atoms with Gasteiger partial charge in [0.05, 0.1) is 52.3 Å². The Kier molecular flexibility index (Phi) is 16.4. The first-order chi connectivity index (χ1) is 37.8. The van der Waals surface area contributed by atoms with Crippen molar-refractivity contribution < 1.29 is 29.1 Å². The number of nitrogen functional groups attached to an aromatic ring is 1. The first kappa shape index (κ1) is 54.3. The topological polar surface area (TPSA) is 215 Å². The van der Waals surface area contributed by atoms with Gasteiger partial charge in [-0.3, -0.25) is 14.5 Å². The normalized spacial score (nSPS) is 23.7. The Morgan fingerprint density at radius 2 is 1.65 bits per heavy atom. The van der Waals surface area contributed by atoms with Gasteiger partial charge in [-0.05, 0) is 125 Å². The molecule has 11 rings (SSSR count). The lowest BCUT2D eigenvalue weighted by atomic mass is 9.60. The number of carbonyl (C=O) groups excluding carboxylic acids is 2. The zero-order chi connectivity index (χ0) is 54.1. The van der Waals surface area contributed by atoms with Crippen LogP contribution in [0.15, 0.2) is 70.7 Å². The molecule has 5 aliphatic heterocycles. The second-order valence-electron chi connectivity index (χ2n) is 23.8. The predicted octanol–water partition coefficient (Wildman–Crippen LogP) is 6.85. The van der Waals surface area contributed by atoms with Crippen molar-refractivity contribution in [3.8, 4) is 27.4 Å². The number of phenolic OH excluding ortho intramolecular Hbond substituents is 1. The molecule has 0 bridgehead atoms. The number of piperidine rings is 3. The van der Waals surface area contributed by atoms with E-state index < -0.39 is 18.1 Å². The van der Waals surface area contributed by atoms with Crippen molar-refractivity contribution in [1.29, 1.82) is 0 Å². The van der Waals surface area contributed by atoms with Crippen LogP contribution in [0.1, 0.15) is 108 Å². The number of likely N-dealkylation sites (tertiary alicyclic amines) is 2. The summed E-state index contributed by atoms with van der Waals surface area (Å²) in [5.41, 5.74) is 13.8. The highest BCUT2D eigenvalue weighted by Gasteiger charge is 2.49. The average Bonchev–Trinajstić information content (AvgIpc) is 4.29. The monoisotopic (exact) mass is 1080 g/mol. The largest absolute Gasteiger partial charge is 0.507 e. The highest BCUT2D eigenvalue weighted by atomic mass is 32.1. The number of rotatable bonds is 16.